The number of imidazole rings is 1. The van der Waals surface area contributed by atoms with Crippen molar-refractivity contribution in [2.75, 3.05) is 0 Å². The molecule has 1 atom stereocenters. The van der Waals surface area contributed by atoms with E-state index in [1.165, 1.54) is 0 Å². The lowest BCUT2D eigenvalue weighted by Gasteiger charge is -2.15. The van der Waals surface area contributed by atoms with Crippen molar-refractivity contribution in [3.63, 3.8) is 0 Å². The Morgan fingerprint density at radius 1 is 1.26 bits per heavy atom. The summed E-state index contributed by atoms with van der Waals surface area (Å²) in [7, 11) is 0. The molecule has 120 valence electrons. The van der Waals surface area contributed by atoms with Gasteiger partial charge in [-0.3, -0.25) is 9.20 Å². The SMILES string of the molecule is CCC(C)Cn1c(C)cc(=O)n2cc(-c3ccc(Cl)cc3)nc12. The Morgan fingerprint density at radius 3 is 2.61 bits per heavy atom. The molecule has 2 aromatic heterocycles. The summed E-state index contributed by atoms with van der Waals surface area (Å²) in [6.07, 6.45) is 2.88. The van der Waals surface area contributed by atoms with E-state index in [1.807, 2.05) is 31.2 Å². The summed E-state index contributed by atoms with van der Waals surface area (Å²) >= 11 is 5.94. The molecule has 5 heteroatoms. The number of hydrogen-bond donors (Lipinski definition) is 0. The molecule has 0 aliphatic rings. The van der Waals surface area contributed by atoms with Gasteiger partial charge in [0.25, 0.3) is 5.56 Å². The zero-order valence-electron chi connectivity index (χ0n) is 13.6. The van der Waals surface area contributed by atoms with Crippen molar-refractivity contribution in [2.24, 2.45) is 5.92 Å². The van der Waals surface area contributed by atoms with E-state index in [0.29, 0.717) is 16.7 Å². The van der Waals surface area contributed by atoms with Gasteiger partial charge in [0, 0.05) is 35.1 Å². The maximum absolute atomic E-state index is 12.3. The maximum atomic E-state index is 12.3. The van der Waals surface area contributed by atoms with Gasteiger partial charge >= 0.3 is 0 Å². The zero-order chi connectivity index (χ0) is 16.6. The molecule has 0 bridgehead atoms. The second-order valence-electron chi connectivity index (χ2n) is 6.05. The fourth-order valence-corrected chi connectivity index (χ4v) is 2.76. The second-order valence-corrected chi connectivity index (χ2v) is 6.49. The molecule has 0 saturated carbocycles. The minimum absolute atomic E-state index is 0.0504. The van der Waals surface area contributed by atoms with Gasteiger partial charge in [-0.1, -0.05) is 44.0 Å². The minimum atomic E-state index is -0.0504. The number of nitrogens with zero attached hydrogens (tertiary/aromatic N) is 3. The quantitative estimate of drug-likeness (QED) is 0.720. The summed E-state index contributed by atoms with van der Waals surface area (Å²) in [6.45, 7) is 7.19. The highest BCUT2D eigenvalue weighted by molar-refractivity contribution is 6.30. The van der Waals surface area contributed by atoms with Crippen molar-refractivity contribution >= 4 is 17.4 Å². The Morgan fingerprint density at radius 2 is 1.96 bits per heavy atom. The first kappa shape index (κ1) is 15.8. The van der Waals surface area contributed by atoms with E-state index in [1.54, 1.807) is 16.7 Å². The third-order valence-electron chi connectivity index (χ3n) is 4.26. The van der Waals surface area contributed by atoms with Crippen LogP contribution >= 0.6 is 11.6 Å². The number of fused-ring (bicyclic) bond motifs is 1. The molecule has 23 heavy (non-hydrogen) atoms. The maximum Gasteiger partial charge on any atom is 0.259 e. The van der Waals surface area contributed by atoms with Gasteiger partial charge in [0.1, 0.15) is 0 Å². The molecule has 0 radical (unpaired) electrons. The van der Waals surface area contributed by atoms with Crippen molar-refractivity contribution < 1.29 is 0 Å². The van der Waals surface area contributed by atoms with Gasteiger partial charge in [-0.25, -0.2) is 4.98 Å². The van der Waals surface area contributed by atoms with Crippen molar-refractivity contribution in [3.05, 3.63) is 57.6 Å². The van der Waals surface area contributed by atoms with Crippen LogP contribution in [0.5, 0.6) is 0 Å². The van der Waals surface area contributed by atoms with Gasteiger partial charge in [-0.05, 0) is 25.0 Å². The van der Waals surface area contributed by atoms with Gasteiger partial charge in [0.2, 0.25) is 5.78 Å². The van der Waals surface area contributed by atoms with Crippen LogP contribution in [0, 0.1) is 12.8 Å². The van der Waals surface area contributed by atoms with Crippen LogP contribution in [-0.2, 0) is 6.54 Å². The van der Waals surface area contributed by atoms with Gasteiger partial charge in [0.15, 0.2) is 0 Å². The molecule has 0 fully saturated rings. The number of rotatable bonds is 4. The molecule has 0 aliphatic heterocycles. The van der Waals surface area contributed by atoms with E-state index >= 15 is 0 Å². The molecular formula is C18H20ClN3O. The molecule has 4 nitrogen and oxygen atoms in total. The number of aryl methyl sites for hydroxylation is 1. The topological polar surface area (TPSA) is 39.3 Å². The van der Waals surface area contributed by atoms with Crippen molar-refractivity contribution in [1.82, 2.24) is 14.0 Å². The molecule has 3 aromatic rings. The van der Waals surface area contributed by atoms with Crippen molar-refractivity contribution in [2.45, 2.75) is 33.7 Å². The first-order valence-electron chi connectivity index (χ1n) is 7.85. The molecular weight excluding hydrogens is 310 g/mol. The normalized spacial score (nSPS) is 12.7. The molecule has 2 heterocycles. The highest BCUT2D eigenvalue weighted by Gasteiger charge is 2.13. The van der Waals surface area contributed by atoms with E-state index in [-0.39, 0.29) is 5.56 Å². The first-order chi connectivity index (χ1) is 11.0. The molecule has 0 spiro atoms. The van der Waals surface area contributed by atoms with Crippen LogP contribution in [-0.4, -0.2) is 14.0 Å². The smallest absolute Gasteiger partial charge is 0.259 e. The molecule has 0 amide bonds. The second kappa shape index (κ2) is 6.20. The summed E-state index contributed by atoms with van der Waals surface area (Å²) in [6, 6.07) is 9.17. The van der Waals surface area contributed by atoms with E-state index in [0.717, 1.165) is 29.9 Å². The number of benzene rings is 1. The standard InChI is InChI=1S/C18H20ClN3O/c1-4-12(2)10-21-13(3)9-17(23)22-11-16(20-18(21)22)14-5-7-15(19)8-6-14/h5-9,11-12H,4,10H2,1-3H3. The fraction of sp³-hybridized carbons (Fsp3) is 0.333. The summed E-state index contributed by atoms with van der Waals surface area (Å²) in [4.78, 5) is 17.0. The minimum Gasteiger partial charge on any atom is -0.315 e. The Bertz CT molecular complexity index is 893. The zero-order valence-corrected chi connectivity index (χ0v) is 14.3. The predicted molar refractivity (Wildman–Crippen MR) is 94.1 cm³/mol. The fourth-order valence-electron chi connectivity index (χ4n) is 2.63. The largest absolute Gasteiger partial charge is 0.315 e. The molecule has 0 saturated heterocycles. The number of halogens is 1. The third kappa shape index (κ3) is 3.04. The van der Waals surface area contributed by atoms with Crippen LogP contribution < -0.4 is 5.56 Å². The van der Waals surface area contributed by atoms with E-state index in [4.69, 9.17) is 16.6 Å². The molecule has 0 N–H and O–H groups in total. The monoisotopic (exact) mass is 329 g/mol. The lowest BCUT2D eigenvalue weighted by atomic mass is 10.1. The average Bonchev–Trinajstić information content (AvgIpc) is 2.97. The van der Waals surface area contributed by atoms with Crippen molar-refractivity contribution in [1.29, 1.82) is 0 Å². The average molecular weight is 330 g/mol. The molecule has 1 unspecified atom stereocenters. The number of hydrogen-bond acceptors (Lipinski definition) is 2. The van der Waals surface area contributed by atoms with Crippen LogP contribution in [0.4, 0.5) is 0 Å². The van der Waals surface area contributed by atoms with Gasteiger partial charge in [-0.2, -0.15) is 0 Å². The molecule has 1 aromatic carbocycles. The highest BCUT2D eigenvalue weighted by atomic mass is 35.5. The van der Waals surface area contributed by atoms with Crippen LogP contribution in [0.3, 0.4) is 0 Å². The Balaban J connectivity index is 2.17. The van der Waals surface area contributed by atoms with E-state index in [2.05, 4.69) is 18.4 Å². The Hall–Kier alpha value is -2.07. The van der Waals surface area contributed by atoms with Crippen LogP contribution in [0.1, 0.15) is 26.0 Å². The molecule has 0 aliphatic carbocycles. The van der Waals surface area contributed by atoms with E-state index in [9.17, 15) is 4.79 Å². The lowest BCUT2D eigenvalue weighted by molar-refractivity contribution is 0.464. The first-order valence-corrected chi connectivity index (χ1v) is 8.23. The molecule has 3 rings (SSSR count). The van der Waals surface area contributed by atoms with E-state index < -0.39 is 0 Å². The number of aromatic nitrogens is 3. The van der Waals surface area contributed by atoms with Gasteiger partial charge in [0.05, 0.1) is 5.69 Å². The third-order valence-corrected chi connectivity index (χ3v) is 4.51. The van der Waals surface area contributed by atoms with Crippen LogP contribution in [0.25, 0.3) is 17.0 Å². The van der Waals surface area contributed by atoms with Crippen LogP contribution in [0.2, 0.25) is 5.02 Å². The lowest BCUT2D eigenvalue weighted by Crippen LogP contribution is -2.20. The van der Waals surface area contributed by atoms with Gasteiger partial charge in [-0.15, -0.1) is 0 Å². The summed E-state index contributed by atoms with van der Waals surface area (Å²) in [5.74, 6) is 1.22. The predicted octanol–water partition coefficient (Wildman–Crippen LogP) is 4.17. The summed E-state index contributed by atoms with van der Waals surface area (Å²) in [5, 5.41) is 0.685. The summed E-state index contributed by atoms with van der Waals surface area (Å²) in [5.41, 5.74) is 2.62. The Kier molecular flexibility index (Phi) is 4.26. The van der Waals surface area contributed by atoms with Gasteiger partial charge < -0.3 is 4.57 Å². The highest BCUT2D eigenvalue weighted by Crippen LogP contribution is 2.21. The Labute approximate surface area is 140 Å². The van der Waals surface area contributed by atoms with Crippen molar-refractivity contribution in [3.8, 4) is 11.3 Å². The summed E-state index contributed by atoms with van der Waals surface area (Å²) < 4.78 is 3.74. The van der Waals surface area contributed by atoms with Crippen LogP contribution in [0.15, 0.2) is 41.3 Å².